The number of aromatic amines is 1. The van der Waals surface area contributed by atoms with Gasteiger partial charge in [-0.25, -0.2) is 10.4 Å². The number of guanidine groups is 1. The number of nitrogens with one attached hydrogen (secondary N) is 4. The molecule has 0 aliphatic heterocycles. The van der Waals surface area contributed by atoms with E-state index in [2.05, 4.69) is 31.1 Å². The van der Waals surface area contributed by atoms with Crippen LogP contribution in [0.25, 0.3) is 0 Å². The third-order valence-corrected chi connectivity index (χ3v) is 3.15. The Hall–Kier alpha value is -0.630. The van der Waals surface area contributed by atoms with Crippen LogP contribution >= 0.6 is 36.6 Å². The van der Waals surface area contributed by atoms with E-state index in [1.807, 2.05) is 25.7 Å². The van der Waals surface area contributed by atoms with Gasteiger partial charge >= 0.3 is 0 Å². The summed E-state index contributed by atoms with van der Waals surface area (Å²) in [4.78, 5) is 11.4. The molecule has 1 rings (SSSR count). The lowest BCUT2D eigenvalue weighted by molar-refractivity contribution is 0.730. The normalized spacial score (nSPS) is 10.4. The molecule has 0 amide bonds. The number of aromatic nitrogens is 2. The smallest absolute Gasteiger partial charge is 0.205 e. The van der Waals surface area contributed by atoms with Gasteiger partial charge in [0.25, 0.3) is 0 Å². The summed E-state index contributed by atoms with van der Waals surface area (Å²) >= 11 is 1.85. The van der Waals surface area contributed by atoms with Gasteiger partial charge in [-0.2, -0.15) is 11.8 Å². The van der Waals surface area contributed by atoms with Crippen LogP contribution < -0.4 is 16.2 Å². The molecule has 6 nitrogen and oxygen atoms in total. The largest absolute Gasteiger partial charge is 0.355 e. The quantitative estimate of drug-likeness (QED) is 0.272. The first-order chi connectivity index (χ1) is 8.27. The summed E-state index contributed by atoms with van der Waals surface area (Å²) in [6.07, 6.45) is 1.74. The highest BCUT2D eigenvalue weighted by atomic mass is 35.5. The Morgan fingerprint density at radius 2 is 2.21 bits per heavy atom. The van der Waals surface area contributed by atoms with E-state index in [1.54, 1.807) is 13.4 Å². The van der Waals surface area contributed by atoms with Gasteiger partial charge in [-0.15, -0.1) is 24.8 Å². The van der Waals surface area contributed by atoms with Crippen molar-refractivity contribution >= 4 is 42.5 Å². The predicted octanol–water partition coefficient (Wildman–Crippen LogP) is 1.09. The number of aryl methyl sites for hydroxylation is 1. The van der Waals surface area contributed by atoms with Crippen molar-refractivity contribution in [3.8, 4) is 0 Å². The van der Waals surface area contributed by atoms with E-state index in [9.17, 15) is 0 Å². The average Bonchev–Trinajstić information content (AvgIpc) is 2.73. The second-order valence-electron chi connectivity index (χ2n) is 3.40. The van der Waals surface area contributed by atoms with Gasteiger partial charge in [0.1, 0.15) is 0 Å². The molecule has 1 heterocycles. The Morgan fingerprint density at radius 3 is 2.74 bits per heavy atom. The number of thioether (sulfide) groups is 1. The summed E-state index contributed by atoms with van der Waals surface area (Å²) < 4.78 is 0. The van der Waals surface area contributed by atoms with Crippen molar-refractivity contribution in [2.75, 3.05) is 26.4 Å². The molecular formula is C10H22Cl2N6S. The first-order valence-electron chi connectivity index (χ1n) is 5.48. The zero-order valence-electron chi connectivity index (χ0n) is 11.3. The number of rotatable bonds is 6. The van der Waals surface area contributed by atoms with Crippen molar-refractivity contribution < 1.29 is 0 Å². The fourth-order valence-corrected chi connectivity index (χ4v) is 2.12. The molecule has 0 unspecified atom stereocenters. The highest BCUT2D eigenvalue weighted by Gasteiger charge is 2.00. The maximum atomic E-state index is 4.25. The first-order valence-corrected chi connectivity index (χ1v) is 6.63. The lowest BCUT2D eigenvalue weighted by Gasteiger charge is -2.09. The van der Waals surface area contributed by atoms with Crippen molar-refractivity contribution in [2.24, 2.45) is 4.99 Å². The molecule has 0 saturated carbocycles. The number of hydrogen-bond acceptors (Lipinski definition) is 4. The minimum absolute atomic E-state index is 0. The van der Waals surface area contributed by atoms with Crippen molar-refractivity contribution in [2.45, 2.75) is 12.7 Å². The molecule has 0 atom stereocenters. The molecule has 0 spiro atoms. The molecule has 1 aromatic heterocycles. The van der Waals surface area contributed by atoms with E-state index in [1.165, 1.54) is 0 Å². The van der Waals surface area contributed by atoms with Gasteiger partial charge in [-0.3, -0.25) is 10.4 Å². The minimum Gasteiger partial charge on any atom is -0.355 e. The Balaban J connectivity index is 0. The van der Waals surface area contributed by atoms with Gasteiger partial charge in [0.15, 0.2) is 0 Å². The molecule has 1 aromatic rings. The Bertz CT molecular complexity index is 358. The molecule has 0 saturated heterocycles. The second kappa shape index (κ2) is 12.4. The monoisotopic (exact) mass is 328 g/mol. The first kappa shape index (κ1) is 20.7. The van der Waals surface area contributed by atoms with Crippen LogP contribution in [0.3, 0.4) is 0 Å². The molecule has 0 fully saturated rings. The van der Waals surface area contributed by atoms with Crippen molar-refractivity contribution in [3.05, 3.63) is 17.7 Å². The Kier molecular flexibility index (Phi) is 13.5. The molecule has 9 heteroatoms. The highest BCUT2D eigenvalue weighted by molar-refractivity contribution is 7.98. The maximum absolute atomic E-state index is 4.25. The molecule has 0 aromatic carbocycles. The van der Waals surface area contributed by atoms with Gasteiger partial charge in [-0.1, -0.05) is 0 Å². The summed E-state index contributed by atoms with van der Waals surface area (Å²) in [6.45, 7) is 2.91. The van der Waals surface area contributed by atoms with E-state index < -0.39 is 0 Å². The third-order valence-electron chi connectivity index (χ3n) is 2.18. The van der Waals surface area contributed by atoms with E-state index >= 15 is 0 Å². The summed E-state index contributed by atoms with van der Waals surface area (Å²) in [5.74, 6) is 2.70. The van der Waals surface area contributed by atoms with E-state index in [-0.39, 0.29) is 24.8 Å². The number of H-pyrrole nitrogens is 1. The van der Waals surface area contributed by atoms with Crippen LogP contribution in [0.4, 0.5) is 0 Å². The average molecular weight is 329 g/mol. The summed E-state index contributed by atoms with van der Waals surface area (Å²) in [6, 6.07) is 0. The minimum atomic E-state index is 0. The standard InChI is InChI=1S/C10H20N6S.2ClH/c1-8-9(15-7-14-8)6-17-5-4-13-10(11-2)16-12-3;;/h7,12H,4-6H2,1-3H3,(H,14,15)(H2,11,13,16);2*1H. The molecule has 0 bridgehead atoms. The van der Waals surface area contributed by atoms with Crippen molar-refractivity contribution in [1.29, 1.82) is 0 Å². The fraction of sp³-hybridized carbons (Fsp3) is 0.600. The summed E-state index contributed by atoms with van der Waals surface area (Å²) in [5, 5.41) is 3.19. The Labute approximate surface area is 130 Å². The zero-order chi connectivity index (χ0) is 12.5. The highest BCUT2D eigenvalue weighted by Crippen LogP contribution is 2.11. The number of aliphatic imine (C=N–C) groups is 1. The number of imidazole rings is 1. The van der Waals surface area contributed by atoms with Crippen LogP contribution in [-0.2, 0) is 5.75 Å². The Morgan fingerprint density at radius 1 is 1.47 bits per heavy atom. The van der Waals surface area contributed by atoms with Gasteiger partial charge < -0.3 is 10.3 Å². The van der Waals surface area contributed by atoms with Crippen LogP contribution in [0.5, 0.6) is 0 Å². The van der Waals surface area contributed by atoms with Crippen LogP contribution in [0.2, 0.25) is 0 Å². The van der Waals surface area contributed by atoms with E-state index in [0.29, 0.717) is 0 Å². The molecule has 19 heavy (non-hydrogen) atoms. The van der Waals surface area contributed by atoms with Gasteiger partial charge in [0.05, 0.1) is 12.0 Å². The molecule has 112 valence electrons. The third kappa shape index (κ3) is 8.20. The van der Waals surface area contributed by atoms with E-state index in [0.717, 1.165) is 35.4 Å². The fourth-order valence-electron chi connectivity index (χ4n) is 1.24. The molecule has 4 N–H and O–H groups in total. The van der Waals surface area contributed by atoms with Gasteiger partial charge in [-0.05, 0) is 6.92 Å². The van der Waals surface area contributed by atoms with Crippen molar-refractivity contribution in [1.82, 2.24) is 26.1 Å². The lowest BCUT2D eigenvalue weighted by atomic mass is 10.4. The molecule has 0 radical (unpaired) electrons. The maximum Gasteiger partial charge on any atom is 0.205 e. The van der Waals surface area contributed by atoms with Gasteiger partial charge in [0, 0.05) is 37.8 Å². The number of halogens is 2. The van der Waals surface area contributed by atoms with Crippen LogP contribution in [0.15, 0.2) is 11.3 Å². The van der Waals surface area contributed by atoms with Gasteiger partial charge in [0.2, 0.25) is 5.96 Å². The van der Waals surface area contributed by atoms with Crippen LogP contribution in [0.1, 0.15) is 11.4 Å². The predicted molar refractivity (Wildman–Crippen MR) is 87.5 cm³/mol. The molecule has 0 aliphatic carbocycles. The number of hydrogen-bond donors (Lipinski definition) is 4. The number of nitrogens with zero attached hydrogens (tertiary/aromatic N) is 2. The van der Waals surface area contributed by atoms with Crippen LogP contribution in [0, 0.1) is 6.92 Å². The number of hydrazine groups is 1. The SMILES string of the molecule is CN=C(NCCSCc1nc[nH]c1C)NNC.Cl.Cl. The van der Waals surface area contributed by atoms with Crippen LogP contribution in [-0.4, -0.2) is 42.3 Å². The molecular weight excluding hydrogens is 307 g/mol. The lowest BCUT2D eigenvalue weighted by Crippen LogP contribution is -2.44. The van der Waals surface area contributed by atoms with Crippen molar-refractivity contribution in [3.63, 3.8) is 0 Å². The topological polar surface area (TPSA) is 77.1 Å². The second-order valence-corrected chi connectivity index (χ2v) is 4.51. The van der Waals surface area contributed by atoms with E-state index in [4.69, 9.17) is 0 Å². The summed E-state index contributed by atoms with van der Waals surface area (Å²) in [5.41, 5.74) is 8.02. The molecule has 0 aliphatic rings. The zero-order valence-corrected chi connectivity index (χ0v) is 13.8. The summed E-state index contributed by atoms with van der Waals surface area (Å²) in [7, 11) is 3.55.